The average Bonchev–Trinajstić information content (AvgIpc) is 2.71. The molecule has 1 amide bonds. The first-order valence-electron chi connectivity index (χ1n) is 9.20. The number of hydrogen-bond acceptors (Lipinski definition) is 5. The van der Waals surface area contributed by atoms with E-state index in [0.29, 0.717) is 23.3 Å². The predicted molar refractivity (Wildman–Crippen MR) is 107 cm³/mol. The molecule has 0 aliphatic heterocycles. The van der Waals surface area contributed by atoms with Gasteiger partial charge in [0.05, 0.1) is 0 Å². The molecule has 3 rings (SSSR count). The molecule has 0 aliphatic rings. The summed E-state index contributed by atoms with van der Waals surface area (Å²) < 4.78 is 10.9. The number of carboxylic acids is 1. The van der Waals surface area contributed by atoms with Crippen molar-refractivity contribution in [2.24, 2.45) is 0 Å². The lowest BCUT2D eigenvalue weighted by molar-refractivity contribution is -0.143. The Morgan fingerprint density at radius 3 is 2.52 bits per heavy atom. The number of nitrogens with one attached hydrogen (secondary N) is 1. The van der Waals surface area contributed by atoms with Gasteiger partial charge in [-0.1, -0.05) is 37.3 Å². The first-order chi connectivity index (χ1) is 13.9. The normalized spacial score (nSPS) is 12.9. The van der Waals surface area contributed by atoms with Gasteiger partial charge in [-0.05, 0) is 36.6 Å². The van der Waals surface area contributed by atoms with Crippen molar-refractivity contribution in [2.45, 2.75) is 32.4 Å². The fourth-order valence-corrected chi connectivity index (χ4v) is 3.03. The molecule has 0 saturated heterocycles. The van der Waals surface area contributed by atoms with Gasteiger partial charge in [0.1, 0.15) is 11.3 Å². The molecule has 2 N–H and O–H groups in total. The Kier molecular flexibility index (Phi) is 5.97. The number of aliphatic carboxylic acids is 1. The van der Waals surface area contributed by atoms with E-state index in [1.807, 2.05) is 6.92 Å². The van der Waals surface area contributed by atoms with E-state index in [4.69, 9.17) is 9.15 Å². The van der Waals surface area contributed by atoms with Gasteiger partial charge in [0, 0.05) is 17.5 Å². The van der Waals surface area contributed by atoms with E-state index in [9.17, 15) is 19.5 Å². The van der Waals surface area contributed by atoms with Crippen LogP contribution >= 0.6 is 0 Å². The van der Waals surface area contributed by atoms with Gasteiger partial charge in [0.25, 0.3) is 5.91 Å². The molecule has 0 spiro atoms. The van der Waals surface area contributed by atoms with Crippen molar-refractivity contribution in [1.29, 1.82) is 0 Å². The molecule has 2 aromatic carbocycles. The third-order valence-electron chi connectivity index (χ3n) is 4.53. The van der Waals surface area contributed by atoms with E-state index in [-0.39, 0.29) is 0 Å². The van der Waals surface area contributed by atoms with Crippen molar-refractivity contribution in [2.75, 3.05) is 0 Å². The summed E-state index contributed by atoms with van der Waals surface area (Å²) >= 11 is 0. The van der Waals surface area contributed by atoms with Crippen molar-refractivity contribution in [1.82, 2.24) is 5.32 Å². The van der Waals surface area contributed by atoms with Gasteiger partial charge >= 0.3 is 11.6 Å². The number of carbonyl (C=O) groups is 2. The standard InChI is InChI=1S/C22H21NO6/c1-3-14-11-19(24)29-18-12-16(9-10-17(14)18)28-13(2)21(25)23-20(22(26)27)15-7-5-4-6-8-15/h4-13,20H,3H2,1-2H3,(H,23,25)(H,26,27)/t13?,20-/m1/s1. The van der Waals surface area contributed by atoms with E-state index < -0.39 is 29.6 Å². The first kappa shape index (κ1) is 20.1. The highest BCUT2D eigenvalue weighted by Crippen LogP contribution is 2.24. The van der Waals surface area contributed by atoms with Gasteiger partial charge in [-0.2, -0.15) is 0 Å². The molecule has 7 heteroatoms. The van der Waals surface area contributed by atoms with Gasteiger partial charge in [-0.3, -0.25) is 4.79 Å². The summed E-state index contributed by atoms with van der Waals surface area (Å²) in [5, 5.41) is 12.7. The highest BCUT2D eigenvalue weighted by molar-refractivity contribution is 5.87. The molecule has 3 aromatic rings. The molecule has 2 atom stereocenters. The van der Waals surface area contributed by atoms with Crippen LogP contribution in [-0.2, 0) is 16.0 Å². The fraction of sp³-hybridized carbons (Fsp3) is 0.227. The maximum absolute atomic E-state index is 12.5. The van der Waals surface area contributed by atoms with Crippen LogP contribution in [0.3, 0.4) is 0 Å². The average molecular weight is 395 g/mol. The van der Waals surface area contributed by atoms with Gasteiger partial charge in [0.2, 0.25) is 0 Å². The lowest BCUT2D eigenvalue weighted by Gasteiger charge is -2.19. The third-order valence-corrected chi connectivity index (χ3v) is 4.53. The summed E-state index contributed by atoms with van der Waals surface area (Å²) in [6.45, 7) is 3.46. The number of aryl methyl sites for hydroxylation is 1. The van der Waals surface area contributed by atoms with Crippen molar-refractivity contribution in [3.63, 3.8) is 0 Å². The largest absolute Gasteiger partial charge is 0.481 e. The van der Waals surface area contributed by atoms with Crippen molar-refractivity contribution >= 4 is 22.8 Å². The number of benzene rings is 2. The van der Waals surface area contributed by atoms with Crippen LogP contribution in [0.5, 0.6) is 5.75 Å². The molecule has 29 heavy (non-hydrogen) atoms. The van der Waals surface area contributed by atoms with Crippen LogP contribution in [0.15, 0.2) is 63.8 Å². The van der Waals surface area contributed by atoms with Crippen molar-refractivity contribution in [3.05, 3.63) is 76.1 Å². The Bertz CT molecular complexity index is 1090. The SMILES string of the molecule is CCc1cc(=O)oc2cc(OC(C)C(=O)N[C@@H](C(=O)O)c3ccccc3)ccc12. The lowest BCUT2D eigenvalue weighted by atomic mass is 10.1. The summed E-state index contributed by atoms with van der Waals surface area (Å²) in [6.07, 6.45) is -0.281. The molecule has 1 aromatic heterocycles. The summed E-state index contributed by atoms with van der Waals surface area (Å²) in [5.41, 5.74) is 1.23. The molecule has 0 bridgehead atoms. The number of carboxylic acid groups (broad SMARTS) is 1. The van der Waals surface area contributed by atoms with E-state index in [1.165, 1.54) is 13.0 Å². The zero-order valence-electron chi connectivity index (χ0n) is 16.0. The summed E-state index contributed by atoms with van der Waals surface area (Å²) in [7, 11) is 0. The number of hydrogen-bond donors (Lipinski definition) is 2. The second kappa shape index (κ2) is 8.60. The summed E-state index contributed by atoms with van der Waals surface area (Å²) in [5.74, 6) is -1.41. The minimum Gasteiger partial charge on any atom is -0.481 e. The monoisotopic (exact) mass is 395 g/mol. The number of carbonyl (C=O) groups excluding carboxylic acids is 1. The minimum atomic E-state index is -1.18. The lowest BCUT2D eigenvalue weighted by Crippen LogP contribution is -2.41. The Balaban J connectivity index is 1.77. The Hall–Kier alpha value is -3.61. The van der Waals surface area contributed by atoms with Crippen LogP contribution in [0.1, 0.15) is 31.0 Å². The zero-order valence-corrected chi connectivity index (χ0v) is 16.0. The van der Waals surface area contributed by atoms with Gasteiger partial charge < -0.3 is 19.6 Å². The van der Waals surface area contributed by atoms with E-state index in [2.05, 4.69) is 5.32 Å². The molecule has 0 saturated carbocycles. The van der Waals surface area contributed by atoms with Gasteiger partial charge in [0.15, 0.2) is 12.1 Å². The Morgan fingerprint density at radius 2 is 1.86 bits per heavy atom. The fourth-order valence-electron chi connectivity index (χ4n) is 3.03. The van der Waals surface area contributed by atoms with Crippen LogP contribution in [0, 0.1) is 0 Å². The molecule has 1 unspecified atom stereocenters. The molecule has 7 nitrogen and oxygen atoms in total. The molecule has 150 valence electrons. The van der Waals surface area contributed by atoms with Crippen molar-refractivity contribution < 1.29 is 23.8 Å². The first-order valence-corrected chi connectivity index (χ1v) is 9.20. The smallest absolute Gasteiger partial charge is 0.336 e. The third kappa shape index (κ3) is 4.63. The quantitative estimate of drug-likeness (QED) is 0.596. The number of amides is 1. The topological polar surface area (TPSA) is 106 Å². The van der Waals surface area contributed by atoms with E-state index in [1.54, 1.807) is 48.5 Å². The van der Waals surface area contributed by atoms with Crippen molar-refractivity contribution in [3.8, 4) is 5.75 Å². The second-order valence-electron chi connectivity index (χ2n) is 6.55. The van der Waals surface area contributed by atoms with E-state index in [0.717, 1.165) is 10.9 Å². The second-order valence-corrected chi connectivity index (χ2v) is 6.55. The maximum Gasteiger partial charge on any atom is 0.336 e. The van der Waals surface area contributed by atoms with E-state index >= 15 is 0 Å². The highest BCUT2D eigenvalue weighted by atomic mass is 16.5. The summed E-state index contributed by atoms with van der Waals surface area (Å²) in [6, 6.07) is 13.7. The molecular weight excluding hydrogens is 374 g/mol. The zero-order chi connectivity index (χ0) is 21.0. The molecule has 0 fully saturated rings. The molecule has 1 heterocycles. The minimum absolute atomic E-state index is 0.336. The van der Waals surface area contributed by atoms with Crippen LogP contribution in [0.4, 0.5) is 0 Å². The number of rotatable bonds is 7. The molecular formula is C22H21NO6. The molecule has 0 radical (unpaired) electrons. The van der Waals surface area contributed by atoms with Crippen LogP contribution in [0.25, 0.3) is 11.0 Å². The summed E-state index contributed by atoms with van der Waals surface area (Å²) in [4.78, 5) is 35.7. The molecule has 0 aliphatic carbocycles. The Morgan fingerprint density at radius 1 is 1.14 bits per heavy atom. The predicted octanol–water partition coefficient (Wildman–Crippen LogP) is 3.06. The van der Waals surface area contributed by atoms with Gasteiger partial charge in [-0.25, -0.2) is 9.59 Å². The van der Waals surface area contributed by atoms with Crippen LogP contribution in [0.2, 0.25) is 0 Å². The maximum atomic E-state index is 12.5. The number of fused-ring (bicyclic) bond motifs is 1. The highest BCUT2D eigenvalue weighted by Gasteiger charge is 2.25. The van der Waals surface area contributed by atoms with Gasteiger partial charge in [-0.15, -0.1) is 0 Å². The van der Waals surface area contributed by atoms with Crippen LogP contribution < -0.4 is 15.7 Å². The van der Waals surface area contributed by atoms with Crippen LogP contribution in [-0.4, -0.2) is 23.1 Å². The Labute approximate surface area is 166 Å². The number of ether oxygens (including phenoxy) is 1.